The van der Waals surface area contributed by atoms with Crippen molar-refractivity contribution in [3.05, 3.63) is 107 Å². The predicted octanol–water partition coefficient (Wildman–Crippen LogP) is 4.06. The number of carbonyl (C=O) groups excluding carboxylic acids is 1. The summed E-state index contributed by atoms with van der Waals surface area (Å²) in [6.07, 6.45) is 6.68. The molecule has 0 aliphatic rings. The minimum Gasteiger partial charge on any atom is -0.348 e. The SMILES string of the molecule is Cc1cc(/C=C/C(=O)NCc2cccc(Cn3cncn3)c2)c(C)n1-c1ccccc1. The van der Waals surface area contributed by atoms with E-state index >= 15 is 0 Å². The fourth-order valence-corrected chi connectivity index (χ4v) is 3.68. The molecule has 31 heavy (non-hydrogen) atoms. The zero-order valence-corrected chi connectivity index (χ0v) is 17.7. The van der Waals surface area contributed by atoms with Crippen LogP contribution in [0.1, 0.15) is 28.1 Å². The van der Waals surface area contributed by atoms with Crippen molar-refractivity contribution in [1.29, 1.82) is 0 Å². The minimum absolute atomic E-state index is 0.119. The molecule has 0 atom stereocenters. The summed E-state index contributed by atoms with van der Waals surface area (Å²) in [7, 11) is 0. The Bertz CT molecular complexity index is 1190. The van der Waals surface area contributed by atoms with E-state index in [1.807, 2.05) is 42.5 Å². The average molecular weight is 412 g/mol. The van der Waals surface area contributed by atoms with Gasteiger partial charge in [0.15, 0.2) is 0 Å². The van der Waals surface area contributed by atoms with Gasteiger partial charge >= 0.3 is 0 Å². The number of hydrogen-bond acceptors (Lipinski definition) is 3. The number of benzene rings is 2. The number of aromatic nitrogens is 4. The molecular formula is C25H25N5O. The van der Waals surface area contributed by atoms with Crippen LogP contribution in [-0.2, 0) is 17.9 Å². The van der Waals surface area contributed by atoms with E-state index in [1.165, 1.54) is 6.33 Å². The first-order valence-corrected chi connectivity index (χ1v) is 10.2. The van der Waals surface area contributed by atoms with E-state index < -0.39 is 0 Å². The third-order valence-electron chi connectivity index (χ3n) is 5.17. The summed E-state index contributed by atoms with van der Waals surface area (Å²) in [6, 6.07) is 20.4. The number of amides is 1. The molecule has 0 fully saturated rings. The molecule has 4 aromatic rings. The van der Waals surface area contributed by atoms with Gasteiger partial charge in [0.05, 0.1) is 6.54 Å². The fourth-order valence-electron chi connectivity index (χ4n) is 3.68. The van der Waals surface area contributed by atoms with E-state index in [2.05, 4.69) is 58.1 Å². The van der Waals surface area contributed by atoms with Gasteiger partial charge < -0.3 is 9.88 Å². The van der Waals surface area contributed by atoms with Gasteiger partial charge in [0.2, 0.25) is 5.91 Å². The number of nitrogens with one attached hydrogen (secondary N) is 1. The van der Waals surface area contributed by atoms with Crippen LogP contribution in [0.15, 0.2) is 79.4 Å². The normalized spacial score (nSPS) is 11.2. The van der Waals surface area contributed by atoms with Crippen molar-refractivity contribution < 1.29 is 4.79 Å². The topological polar surface area (TPSA) is 64.7 Å². The molecule has 2 heterocycles. The monoisotopic (exact) mass is 411 g/mol. The Hall–Kier alpha value is -3.93. The van der Waals surface area contributed by atoms with E-state index in [0.29, 0.717) is 13.1 Å². The molecule has 1 amide bonds. The first-order valence-electron chi connectivity index (χ1n) is 10.2. The number of rotatable bonds is 7. The number of carbonyl (C=O) groups is 1. The Labute approximate surface area is 181 Å². The van der Waals surface area contributed by atoms with Crippen LogP contribution in [-0.4, -0.2) is 25.2 Å². The van der Waals surface area contributed by atoms with Crippen molar-refractivity contribution in [3.63, 3.8) is 0 Å². The maximum Gasteiger partial charge on any atom is 0.244 e. The summed E-state index contributed by atoms with van der Waals surface area (Å²) in [5, 5.41) is 7.09. The van der Waals surface area contributed by atoms with Gasteiger partial charge in [-0.25, -0.2) is 9.67 Å². The molecule has 2 aromatic heterocycles. The molecule has 0 aliphatic heterocycles. The van der Waals surface area contributed by atoms with Gasteiger partial charge in [-0.3, -0.25) is 4.79 Å². The van der Waals surface area contributed by atoms with Gasteiger partial charge in [-0.1, -0.05) is 42.5 Å². The zero-order valence-electron chi connectivity index (χ0n) is 17.7. The van der Waals surface area contributed by atoms with Crippen molar-refractivity contribution in [3.8, 4) is 5.69 Å². The quantitative estimate of drug-likeness (QED) is 0.467. The van der Waals surface area contributed by atoms with E-state index in [4.69, 9.17) is 0 Å². The lowest BCUT2D eigenvalue weighted by atomic mass is 10.1. The van der Waals surface area contributed by atoms with Crippen LogP contribution in [0.25, 0.3) is 11.8 Å². The van der Waals surface area contributed by atoms with Crippen LogP contribution in [0.2, 0.25) is 0 Å². The Morgan fingerprint density at radius 3 is 2.61 bits per heavy atom. The lowest BCUT2D eigenvalue weighted by molar-refractivity contribution is -0.116. The maximum absolute atomic E-state index is 12.4. The highest BCUT2D eigenvalue weighted by molar-refractivity contribution is 5.91. The van der Waals surface area contributed by atoms with Gasteiger partial charge in [-0.15, -0.1) is 0 Å². The second-order valence-corrected chi connectivity index (χ2v) is 7.46. The zero-order chi connectivity index (χ0) is 21.6. The largest absolute Gasteiger partial charge is 0.348 e. The summed E-state index contributed by atoms with van der Waals surface area (Å²) in [5.41, 5.74) is 6.54. The maximum atomic E-state index is 12.4. The molecule has 0 saturated heterocycles. The second-order valence-electron chi connectivity index (χ2n) is 7.46. The molecule has 4 rings (SSSR count). The van der Waals surface area contributed by atoms with Gasteiger partial charge in [-0.05, 0) is 54.8 Å². The minimum atomic E-state index is -0.119. The number of nitrogens with zero attached hydrogens (tertiary/aromatic N) is 4. The standard InChI is InChI=1S/C25H25N5O/c1-19-13-23(20(2)30(19)24-9-4-3-5-10-24)11-12-25(31)27-15-21-7-6-8-22(14-21)16-29-18-26-17-28-29/h3-14,17-18H,15-16H2,1-2H3,(H,27,31)/b12-11+. The van der Waals surface area contributed by atoms with E-state index in [0.717, 1.165) is 33.8 Å². The Balaban J connectivity index is 1.38. The molecule has 0 spiro atoms. The van der Waals surface area contributed by atoms with Crippen molar-refractivity contribution in [2.24, 2.45) is 0 Å². The Kier molecular flexibility index (Phi) is 6.08. The Morgan fingerprint density at radius 2 is 1.84 bits per heavy atom. The summed E-state index contributed by atoms with van der Waals surface area (Å²) < 4.78 is 3.96. The first kappa shape index (κ1) is 20.3. The van der Waals surface area contributed by atoms with Crippen LogP contribution < -0.4 is 5.32 Å². The third-order valence-corrected chi connectivity index (χ3v) is 5.17. The van der Waals surface area contributed by atoms with Gasteiger partial charge in [0.25, 0.3) is 0 Å². The molecule has 156 valence electrons. The molecule has 0 aliphatic carbocycles. The average Bonchev–Trinajstić information content (AvgIpc) is 3.39. The summed E-state index contributed by atoms with van der Waals surface area (Å²) in [5.74, 6) is -0.119. The molecule has 6 nitrogen and oxygen atoms in total. The van der Waals surface area contributed by atoms with Gasteiger partial charge in [0, 0.05) is 29.7 Å². The predicted molar refractivity (Wildman–Crippen MR) is 122 cm³/mol. The molecular weight excluding hydrogens is 386 g/mol. The highest BCUT2D eigenvalue weighted by Crippen LogP contribution is 2.21. The number of para-hydroxylation sites is 1. The third kappa shape index (κ3) is 4.98. The van der Waals surface area contributed by atoms with Crippen molar-refractivity contribution in [1.82, 2.24) is 24.6 Å². The molecule has 0 bridgehead atoms. The van der Waals surface area contributed by atoms with Crippen LogP contribution in [0.5, 0.6) is 0 Å². The number of aryl methyl sites for hydroxylation is 1. The highest BCUT2D eigenvalue weighted by atomic mass is 16.1. The molecule has 0 saturated carbocycles. The molecule has 1 N–H and O–H groups in total. The molecule has 2 aromatic carbocycles. The van der Waals surface area contributed by atoms with Crippen molar-refractivity contribution in [2.75, 3.05) is 0 Å². The van der Waals surface area contributed by atoms with Crippen LogP contribution in [0, 0.1) is 13.8 Å². The van der Waals surface area contributed by atoms with E-state index in [1.54, 1.807) is 17.1 Å². The lowest BCUT2D eigenvalue weighted by Gasteiger charge is -2.09. The summed E-state index contributed by atoms with van der Waals surface area (Å²) in [6.45, 7) is 5.26. The fraction of sp³-hybridized carbons (Fsp3) is 0.160. The van der Waals surface area contributed by atoms with Crippen molar-refractivity contribution in [2.45, 2.75) is 26.9 Å². The molecule has 0 radical (unpaired) electrons. The van der Waals surface area contributed by atoms with Gasteiger partial charge in [0.1, 0.15) is 12.7 Å². The number of hydrogen-bond donors (Lipinski definition) is 1. The molecule has 6 heteroatoms. The Morgan fingerprint density at radius 1 is 1.03 bits per heavy atom. The lowest BCUT2D eigenvalue weighted by Crippen LogP contribution is -2.20. The van der Waals surface area contributed by atoms with Gasteiger partial charge in [-0.2, -0.15) is 5.10 Å². The van der Waals surface area contributed by atoms with E-state index in [9.17, 15) is 4.79 Å². The highest BCUT2D eigenvalue weighted by Gasteiger charge is 2.09. The van der Waals surface area contributed by atoms with Crippen molar-refractivity contribution >= 4 is 12.0 Å². The van der Waals surface area contributed by atoms with Crippen LogP contribution in [0.4, 0.5) is 0 Å². The first-order chi connectivity index (χ1) is 15.1. The second kappa shape index (κ2) is 9.26. The smallest absolute Gasteiger partial charge is 0.244 e. The summed E-state index contributed by atoms with van der Waals surface area (Å²) in [4.78, 5) is 16.3. The van der Waals surface area contributed by atoms with E-state index in [-0.39, 0.29) is 5.91 Å². The summed E-state index contributed by atoms with van der Waals surface area (Å²) >= 11 is 0. The molecule has 0 unspecified atom stereocenters. The van der Waals surface area contributed by atoms with Crippen LogP contribution in [0.3, 0.4) is 0 Å². The van der Waals surface area contributed by atoms with Crippen LogP contribution >= 0.6 is 0 Å².